The summed E-state index contributed by atoms with van der Waals surface area (Å²) >= 11 is 0. The first-order chi connectivity index (χ1) is 28.3. The van der Waals surface area contributed by atoms with E-state index in [0.29, 0.717) is 5.82 Å². The van der Waals surface area contributed by atoms with Gasteiger partial charge in [-0.2, -0.15) is 0 Å². The summed E-state index contributed by atoms with van der Waals surface area (Å²) in [7, 11) is 0. The largest absolute Gasteiger partial charge is 0.456 e. The van der Waals surface area contributed by atoms with E-state index in [1.807, 2.05) is 36.4 Å². The Labute approximate surface area is 326 Å². The van der Waals surface area contributed by atoms with Gasteiger partial charge >= 0.3 is 0 Å². The maximum atomic E-state index is 6.29. The van der Waals surface area contributed by atoms with Crippen LogP contribution in [0, 0.1) is 0 Å². The van der Waals surface area contributed by atoms with Gasteiger partial charge in [-0.3, -0.25) is 0 Å². The first kappa shape index (κ1) is 30.6. The van der Waals surface area contributed by atoms with E-state index in [4.69, 9.17) is 14.7 Å². The molecule has 0 aliphatic carbocycles. The van der Waals surface area contributed by atoms with E-state index < -0.39 is 0 Å². The summed E-state index contributed by atoms with van der Waals surface area (Å²) in [5.41, 5.74) is 10.6. The number of para-hydroxylation sites is 4. The highest BCUT2D eigenvalue weighted by molar-refractivity contribution is 6.39. The average Bonchev–Trinajstić information content (AvgIpc) is 3.81. The van der Waals surface area contributed by atoms with Gasteiger partial charge in [0.15, 0.2) is 5.82 Å². The Morgan fingerprint density at radius 3 is 1.91 bits per heavy atom. The van der Waals surface area contributed by atoms with E-state index >= 15 is 0 Å². The summed E-state index contributed by atoms with van der Waals surface area (Å²) in [6.45, 7) is 0. The Balaban J connectivity index is 1.13. The minimum absolute atomic E-state index is 0.682. The van der Waals surface area contributed by atoms with Crippen LogP contribution in [0.15, 0.2) is 182 Å². The summed E-state index contributed by atoms with van der Waals surface area (Å²) in [5.74, 6) is 2.27. The summed E-state index contributed by atoms with van der Waals surface area (Å²) in [6, 6.07) is 64.8. The Hall–Kier alpha value is -7.76. The Morgan fingerprint density at radius 1 is 0.386 bits per heavy atom. The van der Waals surface area contributed by atoms with Gasteiger partial charge in [-0.25, -0.2) is 9.97 Å². The molecule has 3 aromatic heterocycles. The van der Waals surface area contributed by atoms with Crippen molar-refractivity contribution in [1.82, 2.24) is 19.1 Å². The molecule has 5 nitrogen and oxygen atoms in total. The van der Waals surface area contributed by atoms with Gasteiger partial charge in [-0.05, 0) is 77.5 Å². The zero-order valence-corrected chi connectivity index (χ0v) is 30.5. The van der Waals surface area contributed by atoms with E-state index in [2.05, 4.69) is 155 Å². The number of hydrogen-bond acceptors (Lipinski definition) is 3. The molecule has 0 bridgehead atoms. The van der Waals surface area contributed by atoms with Crippen molar-refractivity contribution in [2.24, 2.45) is 0 Å². The first-order valence-electron chi connectivity index (χ1n) is 19.3. The molecule has 12 aromatic rings. The van der Waals surface area contributed by atoms with Crippen LogP contribution < -0.4 is 4.74 Å². The van der Waals surface area contributed by atoms with Crippen LogP contribution in [0.4, 0.5) is 0 Å². The van der Waals surface area contributed by atoms with E-state index in [0.717, 1.165) is 61.6 Å². The highest BCUT2D eigenvalue weighted by Gasteiger charge is 2.25. The topological polar surface area (TPSA) is 44.9 Å². The molecule has 9 aromatic carbocycles. The molecule has 0 radical (unpaired) electrons. The van der Waals surface area contributed by atoms with E-state index in [9.17, 15) is 0 Å². The highest BCUT2D eigenvalue weighted by Crippen LogP contribution is 2.48. The highest BCUT2D eigenvalue weighted by atomic mass is 16.5. The Bertz CT molecular complexity index is 3670. The van der Waals surface area contributed by atoms with Gasteiger partial charge in [0.05, 0.1) is 38.7 Å². The van der Waals surface area contributed by atoms with Gasteiger partial charge in [0.1, 0.15) is 11.5 Å². The third-order valence-electron chi connectivity index (χ3n) is 11.9. The second-order valence-electron chi connectivity index (χ2n) is 14.9. The summed E-state index contributed by atoms with van der Waals surface area (Å²) in [4.78, 5) is 10.4. The number of benzene rings is 9. The second kappa shape index (κ2) is 11.4. The van der Waals surface area contributed by atoms with Crippen LogP contribution in [0.1, 0.15) is 0 Å². The summed E-state index contributed by atoms with van der Waals surface area (Å²) < 4.78 is 11.2. The van der Waals surface area contributed by atoms with Crippen LogP contribution in [0.25, 0.3) is 110 Å². The number of aromatic nitrogens is 4. The molecule has 57 heavy (non-hydrogen) atoms. The lowest BCUT2D eigenvalue weighted by Crippen LogP contribution is -2.02. The van der Waals surface area contributed by atoms with Gasteiger partial charge in [0.25, 0.3) is 0 Å². The monoisotopic (exact) mass is 726 g/mol. The second-order valence-corrected chi connectivity index (χ2v) is 14.9. The lowest BCUT2D eigenvalue weighted by molar-refractivity contribution is 0.486. The molecule has 1 aliphatic rings. The molecule has 0 atom stereocenters. The van der Waals surface area contributed by atoms with Gasteiger partial charge in [-0.1, -0.05) is 115 Å². The molecular formula is C52H30N4O. The van der Waals surface area contributed by atoms with Gasteiger partial charge < -0.3 is 13.9 Å². The third-order valence-corrected chi connectivity index (χ3v) is 11.9. The van der Waals surface area contributed by atoms with Crippen molar-refractivity contribution in [3.8, 4) is 45.5 Å². The maximum Gasteiger partial charge on any atom is 0.160 e. The van der Waals surface area contributed by atoms with Crippen LogP contribution >= 0.6 is 0 Å². The molecule has 4 heterocycles. The van der Waals surface area contributed by atoms with Crippen LogP contribution in [-0.4, -0.2) is 19.1 Å². The minimum Gasteiger partial charge on any atom is -0.456 e. The van der Waals surface area contributed by atoms with E-state index in [1.54, 1.807) is 0 Å². The average molecular weight is 727 g/mol. The molecule has 0 unspecified atom stereocenters. The zero-order valence-electron chi connectivity index (χ0n) is 30.5. The predicted molar refractivity (Wildman–Crippen MR) is 234 cm³/mol. The summed E-state index contributed by atoms with van der Waals surface area (Å²) in [6.07, 6.45) is 0. The molecule has 0 saturated heterocycles. The maximum absolute atomic E-state index is 6.29. The molecule has 13 rings (SSSR count). The molecule has 264 valence electrons. The normalized spacial score (nSPS) is 12.4. The van der Waals surface area contributed by atoms with Gasteiger partial charge in [-0.15, -0.1) is 0 Å². The fraction of sp³-hybridized carbons (Fsp3) is 0. The van der Waals surface area contributed by atoms with Crippen molar-refractivity contribution in [2.75, 3.05) is 0 Å². The summed E-state index contributed by atoms with van der Waals surface area (Å²) in [5, 5.41) is 10.9. The molecular weight excluding hydrogens is 697 g/mol. The Morgan fingerprint density at radius 2 is 1.05 bits per heavy atom. The molecule has 0 amide bonds. The van der Waals surface area contributed by atoms with Crippen LogP contribution in [-0.2, 0) is 0 Å². The minimum atomic E-state index is 0.682. The van der Waals surface area contributed by atoms with Crippen molar-refractivity contribution in [2.45, 2.75) is 0 Å². The van der Waals surface area contributed by atoms with Crippen LogP contribution in [0.5, 0.6) is 11.5 Å². The molecule has 0 spiro atoms. The number of fused-ring (bicyclic) bond motifs is 14. The molecule has 0 fully saturated rings. The van der Waals surface area contributed by atoms with Crippen molar-refractivity contribution in [3.63, 3.8) is 0 Å². The van der Waals surface area contributed by atoms with Crippen molar-refractivity contribution in [1.29, 1.82) is 0 Å². The molecule has 0 saturated carbocycles. The predicted octanol–water partition coefficient (Wildman–Crippen LogP) is 13.6. The lowest BCUT2D eigenvalue weighted by atomic mass is 9.93. The van der Waals surface area contributed by atoms with Gasteiger partial charge in [0.2, 0.25) is 0 Å². The van der Waals surface area contributed by atoms with E-state index in [1.165, 1.54) is 54.1 Å². The Kier molecular flexibility index (Phi) is 6.10. The van der Waals surface area contributed by atoms with Crippen LogP contribution in [0.3, 0.4) is 0 Å². The fourth-order valence-corrected chi connectivity index (χ4v) is 9.56. The number of nitrogens with zero attached hydrogens (tertiary/aromatic N) is 4. The van der Waals surface area contributed by atoms with Crippen molar-refractivity contribution < 1.29 is 4.74 Å². The van der Waals surface area contributed by atoms with Crippen LogP contribution in [0.2, 0.25) is 0 Å². The SMILES string of the molecule is c1ccc(-n2c3ccccc3c3c4c(ccc5c4c4ccccc4n5-c4cccc(-c5nc6c7c(cccc7n5)Oc5ccccc5-6)c4)c4ccccc4c32)cc1. The molecule has 5 heteroatoms. The number of ether oxygens (including phenoxy) is 1. The fourth-order valence-electron chi connectivity index (χ4n) is 9.56. The number of rotatable bonds is 3. The van der Waals surface area contributed by atoms with Gasteiger partial charge in [0, 0.05) is 54.8 Å². The quantitative estimate of drug-likeness (QED) is 0.170. The van der Waals surface area contributed by atoms with Crippen molar-refractivity contribution >= 4 is 76.1 Å². The van der Waals surface area contributed by atoms with Crippen molar-refractivity contribution in [3.05, 3.63) is 182 Å². The molecule has 0 N–H and O–H groups in total. The number of hydrogen-bond donors (Lipinski definition) is 0. The first-order valence-corrected chi connectivity index (χ1v) is 19.3. The lowest BCUT2D eigenvalue weighted by Gasteiger charge is -2.20. The standard InChI is InChI=1S/C52H30N4O/c1-2-15-32(16-3-1)56-42-25-10-7-21-38(42)48-47-35(34-18-4-5-19-36(34)51(48)56)28-29-43-46(47)37-20-6-9-24-41(37)55(43)33-17-12-14-31(30-33)52-53-40-23-13-27-45-49(40)50(54-52)39-22-8-11-26-44(39)57-45/h1-30H. The smallest absolute Gasteiger partial charge is 0.160 e. The van der Waals surface area contributed by atoms with E-state index in [-0.39, 0.29) is 0 Å². The zero-order chi connectivity index (χ0) is 37.2. The third kappa shape index (κ3) is 4.17. The molecule has 1 aliphatic heterocycles.